The van der Waals surface area contributed by atoms with Gasteiger partial charge in [-0.2, -0.15) is 5.10 Å². The Morgan fingerprint density at radius 1 is 1.46 bits per heavy atom. The number of sulfonamides is 1. The maximum Gasteiger partial charge on any atom is 0.258 e. The lowest BCUT2D eigenvalue weighted by molar-refractivity contribution is 0.390. The van der Waals surface area contributed by atoms with Crippen LogP contribution in [-0.4, -0.2) is 31.9 Å². The summed E-state index contributed by atoms with van der Waals surface area (Å²) in [5.41, 5.74) is 1.25. The third kappa shape index (κ3) is 4.05. The monoisotopic (exact) mass is 378 g/mol. The van der Waals surface area contributed by atoms with E-state index in [0.29, 0.717) is 23.3 Å². The molecule has 0 unspecified atom stereocenters. The lowest BCUT2D eigenvalue weighted by Crippen LogP contribution is -2.13. The minimum Gasteiger partial charge on any atom is -0.496 e. The molecular weight excluding hydrogens is 356 g/mol. The van der Waals surface area contributed by atoms with Gasteiger partial charge in [0.15, 0.2) is 11.4 Å². The second-order valence-electron chi connectivity index (χ2n) is 5.36. The first-order valence-corrected chi connectivity index (χ1v) is 9.34. The summed E-state index contributed by atoms with van der Waals surface area (Å²) in [6, 6.07) is 3.54. The fourth-order valence-electron chi connectivity index (χ4n) is 2.26. The molecule has 2 rings (SSSR count). The van der Waals surface area contributed by atoms with Crippen LogP contribution in [0.1, 0.15) is 26.3 Å². The van der Waals surface area contributed by atoms with E-state index in [4.69, 9.17) is 9.26 Å². The Labute approximate surface area is 152 Å². The molecule has 0 aliphatic heterocycles. The van der Waals surface area contributed by atoms with Crippen LogP contribution in [0.3, 0.4) is 0 Å². The maximum absolute atomic E-state index is 12.3. The second kappa shape index (κ2) is 8.05. The van der Waals surface area contributed by atoms with Crippen molar-refractivity contribution in [1.29, 1.82) is 0 Å². The lowest BCUT2D eigenvalue weighted by Gasteiger charge is -2.14. The van der Waals surface area contributed by atoms with Crippen LogP contribution in [0.25, 0.3) is 11.0 Å². The average molecular weight is 378 g/mol. The zero-order valence-corrected chi connectivity index (χ0v) is 16.0. The Kier molecular flexibility index (Phi) is 6.04. The van der Waals surface area contributed by atoms with Gasteiger partial charge in [0, 0.05) is 12.4 Å². The molecule has 1 heterocycles. The van der Waals surface area contributed by atoms with Gasteiger partial charge in [0.25, 0.3) is 10.0 Å². The van der Waals surface area contributed by atoms with Crippen molar-refractivity contribution in [3.05, 3.63) is 41.5 Å². The van der Waals surface area contributed by atoms with Crippen LogP contribution in [0.5, 0.6) is 5.75 Å². The first kappa shape index (κ1) is 19.5. The summed E-state index contributed by atoms with van der Waals surface area (Å²) in [5.74, 6) is 0.524. The number of benzene rings is 1. The fourth-order valence-corrected chi connectivity index (χ4v) is 3.13. The summed E-state index contributed by atoms with van der Waals surface area (Å²) in [6.45, 7) is 9.11. The molecule has 0 spiro atoms. The second-order valence-corrected chi connectivity index (χ2v) is 7.22. The van der Waals surface area contributed by atoms with Crippen LogP contribution < -0.4 is 9.46 Å². The molecule has 140 valence electrons. The molecule has 0 aliphatic carbocycles. The number of fused-ring (bicyclic) bond motifs is 1. The van der Waals surface area contributed by atoms with Crippen molar-refractivity contribution < 1.29 is 17.7 Å². The van der Waals surface area contributed by atoms with Gasteiger partial charge in [-0.3, -0.25) is 9.73 Å². The van der Waals surface area contributed by atoms with Gasteiger partial charge in [-0.15, -0.1) is 0 Å². The van der Waals surface area contributed by atoms with Gasteiger partial charge in [-0.05, 0) is 38.5 Å². The largest absolute Gasteiger partial charge is 0.496 e. The number of methoxy groups -OCH3 is 1. The minimum absolute atomic E-state index is 0.0803. The van der Waals surface area contributed by atoms with Crippen molar-refractivity contribution in [3.63, 3.8) is 0 Å². The highest BCUT2D eigenvalue weighted by Gasteiger charge is 2.21. The quantitative estimate of drug-likeness (QED) is 0.558. The van der Waals surface area contributed by atoms with Crippen LogP contribution in [0.4, 0.5) is 5.82 Å². The van der Waals surface area contributed by atoms with Crippen molar-refractivity contribution >= 4 is 33.0 Å². The molecule has 0 aliphatic rings. The number of nitrogens with zero attached hydrogens (tertiary/aromatic N) is 3. The van der Waals surface area contributed by atoms with Crippen molar-refractivity contribution in [1.82, 2.24) is 10.2 Å². The summed E-state index contributed by atoms with van der Waals surface area (Å²) in [4.78, 5) is 0.184. The predicted octanol–water partition coefficient (Wildman–Crippen LogP) is 3.45. The van der Waals surface area contributed by atoms with Gasteiger partial charge in [0.05, 0.1) is 18.6 Å². The van der Waals surface area contributed by atoms with E-state index in [9.17, 15) is 8.42 Å². The number of nitrogens with one attached hydrogen (secondary N) is 1. The molecule has 1 N–H and O–H groups in total. The molecular formula is C17H22N4O4S. The highest BCUT2D eigenvalue weighted by Crippen LogP contribution is 2.34. The van der Waals surface area contributed by atoms with E-state index in [1.54, 1.807) is 36.5 Å². The molecule has 0 radical (unpaired) electrons. The summed E-state index contributed by atoms with van der Waals surface area (Å²) in [6.07, 6.45) is 4.75. The van der Waals surface area contributed by atoms with E-state index in [0.717, 1.165) is 5.56 Å². The van der Waals surface area contributed by atoms with Gasteiger partial charge in [-0.1, -0.05) is 17.8 Å². The lowest BCUT2D eigenvalue weighted by atomic mass is 10.1. The van der Waals surface area contributed by atoms with Crippen molar-refractivity contribution in [2.24, 2.45) is 5.10 Å². The Hall–Kier alpha value is -2.81. The van der Waals surface area contributed by atoms with E-state index >= 15 is 0 Å². The summed E-state index contributed by atoms with van der Waals surface area (Å²) in [5, 5.41) is 10.1. The predicted molar refractivity (Wildman–Crippen MR) is 102 cm³/mol. The molecule has 2 aromatic rings. The standard InChI is InChI=1S/C17H22N4O4S/c1-6-12(4)26(22,23)20-17-16-14(24-5)9-13(10-15(16)25-19-17)11-21(8-3)18-7-2/h6-10H,3,11H2,1-2,4-5H3,(H,19,20)/b12-6+,18-7-. The molecule has 1 aromatic carbocycles. The minimum atomic E-state index is -3.70. The van der Waals surface area contributed by atoms with Gasteiger partial charge >= 0.3 is 0 Å². The Balaban J connectivity index is 2.47. The highest BCUT2D eigenvalue weighted by atomic mass is 32.2. The van der Waals surface area contributed by atoms with Gasteiger partial charge < -0.3 is 9.26 Å². The fraction of sp³-hybridized carbons (Fsp3) is 0.294. The van der Waals surface area contributed by atoms with E-state index in [1.165, 1.54) is 20.1 Å². The zero-order chi connectivity index (χ0) is 19.3. The first-order valence-electron chi connectivity index (χ1n) is 7.86. The molecule has 0 bridgehead atoms. The maximum atomic E-state index is 12.3. The molecule has 9 heteroatoms. The van der Waals surface area contributed by atoms with Crippen LogP contribution in [0, 0.1) is 0 Å². The SMILES string of the molecule is C=CN(Cc1cc(OC)c2c(NS(=O)(=O)/C(C)=C/C)noc2c1)/N=C\C. The van der Waals surface area contributed by atoms with Gasteiger partial charge in [0.2, 0.25) is 0 Å². The molecule has 0 saturated carbocycles. The average Bonchev–Trinajstić information content (AvgIpc) is 3.01. The van der Waals surface area contributed by atoms with Crippen molar-refractivity contribution in [3.8, 4) is 5.75 Å². The van der Waals surface area contributed by atoms with Crippen LogP contribution >= 0.6 is 0 Å². The van der Waals surface area contributed by atoms with E-state index in [-0.39, 0.29) is 10.7 Å². The van der Waals surface area contributed by atoms with Crippen molar-refractivity contribution in [2.75, 3.05) is 11.8 Å². The molecule has 1 aromatic heterocycles. The highest BCUT2D eigenvalue weighted by molar-refractivity contribution is 7.96. The number of aromatic nitrogens is 1. The Morgan fingerprint density at radius 3 is 2.77 bits per heavy atom. The van der Waals surface area contributed by atoms with Crippen LogP contribution in [0.15, 0.2) is 45.5 Å². The number of rotatable bonds is 8. The number of hydrazone groups is 1. The number of anilines is 1. The topological polar surface area (TPSA) is 97.0 Å². The smallest absolute Gasteiger partial charge is 0.258 e. The van der Waals surface area contributed by atoms with Crippen molar-refractivity contribution in [2.45, 2.75) is 27.3 Å². The molecule has 0 amide bonds. The third-order valence-electron chi connectivity index (χ3n) is 3.70. The Bertz CT molecular complexity index is 961. The number of hydrogen-bond donors (Lipinski definition) is 1. The number of hydrogen-bond acceptors (Lipinski definition) is 7. The normalized spacial score (nSPS) is 12.5. The number of ether oxygens (including phenoxy) is 1. The molecule has 0 atom stereocenters. The van der Waals surface area contributed by atoms with Crippen LogP contribution in [0.2, 0.25) is 0 Å². The number of allylic oxidation sites excluding steroid dienone is 2. The van der Waals surface area contributed by atoms with E-state index < -0.39 is 10.0 Å². The molecule has 8 nitrogen and oxygen atoms in total. The first-order chi connectivity index (χ1) is 12.4. The van der Waals surface area contributed by atoms with Gasteiger partial charge in [0.1, 0.15) is 11.1 Å². The summed E-state index contributed by atoms with van der Waals surface area (Å²) in [7, 11) is -2.20. The third-order valence-corrected chi connectivity index (χ3v) is 5.24. The van der Waals surface area contributed by atoms with Crippen LogP contribution in [-0.2, 0) is 16.6 Å². The molecule has 26 heavy (non-hydrogen) atoms. The van der Waals surface area contributed by atoms with Gasteiger partial charge in [-0.25, -0.2) is 8.42 Å². The van der Waals surface area contributed by atoms with E-state index in [1.807, 2.05) is 6.92 Å². The molecule has 0 saturated heterocycles. The summed E-state index contributed by atoms with van der Waals surface area (Å²) >= 11 is 0. The summed E-state index contributed by atoms with van der Waals surface area (Å²) < 4.78 is 37.7. The Morgan fingerprint density at radius 2 is 2.19 bits per heavy atom. The zero-order valence-electron chi connectivity index (χ0n) is 15.2. The van der Waals surface area contributed by atoms with E-state index in [2.05, 4.69) is 21.6 Å². The molecule has 0 fully saturated rings.